The standard InChI is InChI=1S/C56H48N2.2ClH.Pd/c1-3-5-21-39-35-48(41-23-11-7-12-24-41)53(49(36-39)42-25-13-8-14-26-42)57-55-46-33-19-31-45-32-20-34-47(52(45)46)56(55)58-54-50(43-27-15-9-16-28-43)37-40(22-6-4-2)38-51(54)44-29-17-10-18-30-44;;;/h7-20,23-38H,3-6,21-22H2,1-2H3;2*1H;/q;;;+2/p-2. The molecule has 1 aliphatic carbocycles. The number of halogens is 2. The number of unbranched alkanes of at least 4 members (excludes halogenated alkanes) is 2. The van der Waals surface area contributed by atoms with E-state index in [4.69, 9.17) is 29.0 Å². The van der Waals surface area contributed by atoms with Gasteiger partial charge in [-0.3, -0.25) is 0 Å². The van der Waals surface area contributed by atoms with Gasteiger partial charge in [-0.2, -0.15) is 0 Å². The van der Waals surface area contributed by atoms with Crippen molar-refractivity contribution in [2.24, 2.45) is 9.98 Å². The molecule has 5 heteroatoms. The van der Waals surface area contributed by atoms with E-state index in [1.807, 2.05) is 0 Å². The van der Waals surface area contributed by atoms with Crippen LogP contribution in [0.4, 0.5) is 11.4 Å². The second-order valence-corrected chi connectivity index (χ2v) is 17.8. The van der Waals surface area contributed by atoms with E-state index < -0.39 is 0 Å². The van der Waals surface area contributed by atoms with E-state index in [-0.39, 0.29) is 15.9 Å². The Morgan fingerprint density at radius 1 is 0.393 bits per heavy atom. The summed E-state index contributed by atoms with van der Waals surface area (Å²) in [4.78, 5) is 11.8. The Bertz CT molecular complexity index is 2490. The summed E-state index contributed by atoms with van der Waals surface area (Å²) in [5.41, 5.74) is 17.8. The Labute approximate surface area is 377 Å². The van der Waals surface area contributed by atoms with Crippen LogP contribution in [-0.2, 0) is 28.8 Å². The van der Waals surface area contributed by atoms with Crippen molar-refractivity contribution in [3.63, 3.8) is 0 Å². The van der Waals surface area contributed by atoms with Crippen molar-refractivity contribution in [3.05, 3.63) is 204 Å². The van der Waals surface area contributed by atoms with Gasteiger partial charge in [0, 0.05) is 38.8 Å². The molecule has 306 valence electrons. The van der Waals surface area contributed by atoms with Gasteiger partial charge in [-0.1, -0.05) is 184 Å². The third kappa shape index (κ3) is 9.43. The molecule has 2 nitrogen and oxygen atoms in total. The summed E-state index contributed by atoms with van der Waals surface area (Å²) < 4.78 is 0. The molecule has 0 atom stereocenters. The van der Waals surface area contributed by atoms with Gasteiger partial charge in [0.1, 0.15) is 0 Å². The zero-order valence-corrected chi connectivity index (χ0v) is 37.6. The van der Waals surface area contributed by atoms with Crippen LogP contribution in [0.2, 0.25) is 0 Å². The summed E-state index contributed by atoms with van der Waals surface area (Å²) >= 11 is -0.106. The number of rotatable bonds is 12. The molecule has 8 aromatic carbocycles. The van der Waals surface area contributed by atoms with Gasteiger partial charge in [0.05, 0.1) is 22.8 Å². The fourth-order valence-electron chi connectivity index (χ4n) is 8.47. The van der Waals surface area contributed by atoms with Crippen molar-refractivity contribution in [2.75, 3.05) is 0 Å². The maximum absolute atomic E-state index is 5.90. The van der Waals surface area contributed by atoms with Gasteiger partial charge < -0.3 is 0 Å². The fourth-order valence-corrected chi connectivity index (χ4v) is 8.47. The van der Waals surface area contributed by atoms with Crippen LogP contribution in [0.1, 0.15) is 61.8 Å². The number of benzene rings is 8. The maximum atomic E-state index is 5.90. The van der Waals surface area contributed by atoms with E-state index in [0.717, 1.165) is 117 Å². The minimum absolute atomic E-state index is 0.106. The molecule has 0 heterocycles. The predicted octanol–water partition coefficient (Wildman–Crippen LogP) is 16.8. The number of hydrogen-bond donors (Lipinski definition) is 0. The molecule has 0 saturated carbocycles. The van der Waals surface area contributed by atoms with Crippen LogP contribution in [-0.4, -0.2) is 11.4 Å². The molecule has 8 aromatic rings. The van der Waals surface area contributed by atoms with Gasteiger partial charge in [-0.15, -0.1) is 0 Å². The van der Waals surface area contributed by atoms with Gasteiger partial charge in [0.25, 0.3) is 0 Å². The third-order valence-corrected chi connectivity index (χ3v) is 11.4. The van der Waals surface area contributed by atoms with E-state index in [9.17, 15) is 0 Å². The van der Waals surface area contributed by atoms with E-state index in [2.05, 4.69) is 196 Å². The first-order valence-electron chi connectivity index (χ1n) is 21.2. The number of hydrogen-bond acceptors (Lipinski definition) is 2. The van der Waals surface area contributed by atoms with Gasteiger partial charge in [-0.05, 0) is 88.7 Å². The van der Waals surface area contributed by atoms with Crippen LogP contribution in [0.15, 0.2) is 192 Å². The molecule has 0 aromatic heterocycles. The molecule has 0 spiro atoms. The quantitative estimate of drug-likeness (QED) is 0.109. The first-order chi connectivity index (χ1) is 30.1. The monoisotopic (exact) mass is 924 g/mol. The molecule has 0 radical (unpaired) electrons. The first kappa shape index (κ1) is 42.3. The van der Waals surface area contributed by atoms with Crippen LogP contribution in [0.25, 0.3) is 55.3 Å². The molecule has 0 saturated heterocycles. The molecule has 9 rings (SSSR count). The number of aryl methyl sites for hydroxylation is 2. The molecule has 0 amide bonds. The first-order valence-corrected chi connectivity index (χ1v) is 25.2. The van der Waals surface area contributed by atoms with Gasteiger partial charge in [0.15, 0.2) is 0 Å². The van der Waals surface area contributed by atoms with E-state index in [1.54, 1.807) is 0 Å². The summed E-state index contributed by atoms with van der Waals surface area (Å²) in [6.07, 6.45) is 6.59. The van der Waals surface area contributed by atoms with Gasteiger partial charge >= 0.3 is 35.0 Å². The number of aliphatic imine (C=N–C) groups is 2. The molecule has 0 bridgehead atoms. The third-order valence-electron chi connectivity index (χ3n) is 11.4. The molecular weight excluding hydrogens is 878 g/mol. The van der Waals surface area contributed by atoms with E-state index in [1.165, 1.54) is 21.9 Å². The van der Waals surface area contributed by atoms with Crippen molar-refractivity contribution >= 4 is 52.6 Å². The summed E-state index contributed by atoms with van der Waals surface area (Å²) in [5.74, 6) is 0. The SMILES string of the molecule is CCCCc1cc(-c2ccccc2)c(N=C2C(=Nc3c(-c4ccccc4)cc(CCCC)cc3-c3ccccc3)c3cccc4cccc2c34)c(-c2ccccc2)c1.[Cl][Pd][Cl]. The predicted molar refractivity (Wildman–Crippen MR) is 260 cm³/mol. The van der Waals surface area contributed by atoms with Crippen LogP contribution in [0.3, 0.4) is 0 Å². The molecule has 0 unspecified atom stereocenters. The minimum atomic E-state index is -0.106. The topological polar surface area (TPSA) is 24.7 Å². The van der Waals surface area contributed by atoms with Gasteiger partial charge in [0.2, 0.25) is 0 Å². The average Bonchev–Trinajstić information content (AvgIpc) is 3.61. The Kier molecular flexibility index (Phi) is 14.2. The van der Waals surface area contributed by atoms with Crippen molar-refractivity contribution in [1.82, 2.24) is 0 Å². The van der Waals surface area contributed by atoms with Crippen molar-refractivity contribution in [2.45, 2.75) is 52.4 Å². The Hall–Kier alpha value is -5.40. The second-order valence-electron chi connectivity index (χ2n) is 15.4. The molecule has 0 N–H and O–H groups in total. The van der Waals surface area contributed by atoms with E-state index >= 15 is 0 Å². The molecule has 1 aliphatic rings. The van der Waals surface area contributed by atoms with E-state index in [0.29, 0.717) is 0 Å². The summed E-state index contributed by atoms with van der Waals surface area (Å²) in [6.45, 7) is 4.53. The summed E-state index contributed by atoms with van der Waals surface area (Å²) in [6, 6.07) is 65.9. The second kappa shape index (κ2) is 20.4. The Morgan fingerprint density at radius 2 is 0.705 bits per heavy atom. The Morgan fingerprint density at radius 3 is 1.00 bits per heavy atom. The molecule has 0 fully saturated rings. The van der Waals surface area contributed by atoms with Crippen molar-refractivity contribution in [3.8, 4) is 44.5 Å². The fraction of sp³-hybridized carbons (Fsp3) is 0.143. The van der Waals surface area contributed by atoms with Crippen molar-refractivity contribution < 1.29 is 15.9 Å². The van der Waals surface area contributed by atoms with Crippen LogP contribution >= 0.6 is 19.1 Å². The average molecular weight is 926 g/mol. The van der Waals surface area contributed by atoms with Crippen LogP contribution in [0, 0.1) is 0 Å². The molecular formula is C56H48Cl2N2Pd. The number of nitrogens with zero attached hydrogens (tertiary/aromatic N) is 2. The van der Waals surface area contributed by atoms with Crippen LogP contribution in [0.5, 0.6) is 0 Å². The van der Waals surface area contributed by atoms with Crippen molar-refractivity contribution in [1.29, 1.82) is 0 Å². The zero-order chi connectivity index (χ0) is 42.0. The van der Waals surface area contributed by atoms with Gasteiger partial charge in [-0.25, -0.2) is 9.98 Å². The molecule has 0 aliphatic heterocycles. The summed E-state index contributed by atoms with van der Waals surface area (Å²) in [7, 11) is 9.63. The summed E-state index contributed by atoms with van der Waals surface area (Å²) in [5, 5.41) is 2.39. The molecule has 61 heavy (non-hydrogen) atoms. The normalized spacial score (nSPS) is 13.2. The van der Waals surface area contributed by atoms with Crippen LogP contribution < -0.4 is 0 Å². The Balaban J connectivity index is 0.00000166. The zero-order valence-electron chi connectivity index (χ0n) is 34.5.